The summed E-state index contributed by atoms with van der Waals surface area (Å²) < 4.78 is 0. The van der Waals surface area contributed by atoms with Crippen molar-refractivity contribution in [3.8, 4) is 0 Å². The maximum Gasteiger partial charge on any atom is 0.314 e. The number of amides is 2. The quantitative estimate of drug-likeness (QED) is 0.674. The minimum Gasteiger partial charge on any atom is -0.387 e. The number of thioether (sulfide) groups is 1. The summed E-state index contributed by atoms with van der Waals surface area (Å²) in [4.78, 5) is 11.6. The fraction of sp³-hybridized carbons (Fsp3) is 0.929. The summed E-state index contributed by atoms with van der Waals surface area (Å²) >= 11 is 1.58. The number of carbonyl (C=O) groups excluding carboxylic acids is 1. The Morgan fingerprint density at radius 3 is 2.63 bits per heavy atom. The minimum absolute atomic E-state index is 0.169. The number of hydrogen-bond donors (Lipinski definition) is 3. The molecule has 0 spiro atoms. The van der Waals surface area contributed by atoms with Crippen molar-refractivity contribution in [2.75, 3.05) is 25.1 Å². The van der Waals surface area contributed by atoms with Crippen LogP contribution in [0, 0.1) is 5.92 Å². The Balaban J connectivity index is 2.07. The molecule has 5 heteroatoms. The van der Waals surface area contributed by atoms with Gasteiger partial charge in [0.2, 0.25) is 0 Å². The van der Waals surface area contributed by atoms with E-state index >= 15 is 0 Å². The first-order chi connectivity index (χ1) is 9.03. The third-order valence-corrected chi connectivity index (χ3v) is 4.56. The second-order valence-electron chi connectivity index (χ2n) is 5.83. The molecule has 0 aromatic rings. The lowest BCUT2D eigenvalue weighted by Gasteiger charge is -2.23. The predicted molar refractivity (Wildman–Crippen MR) is 81.6 cm³/mol. The molecule has 0 saturated heterocycles. The van der Waals surface area contributed by atoms with Crippen LogP contribution < -0.4 is 10.6 Å². The molecule has 0 bridgehead atoms. The minimum atomic E-state index is -0.833. The standard InChI is InChI=1S/C14H28N2O2S/c1-14(18,11-19-2)10-16-13(17)15-9-8-12-6-4-3-5-7-12/h12,18H,3-11H2,1-2H3,(H2,15,16,17). The first kappa shape index (κ1) is 16.6. The van der Waals surface area contributed by atoms with Crippen LogP contribution in [0.3, 0.4) is 0 Å². The van der Waals surface area contributed by atoms with Gasteiger partial charge in [0.25, 0.3) is 0 Å². The highest BCUT2D eigenvalue weighted by molar-refractivity contribution is 7.98. The fourth-order valence-electron chi connectivity index (χ4n) is 2.56. The van der Waals surface area contributed by atoms with E-state index in [1.54, 1.807) is 18.7 Å². The lowest BCUT2D eigenvalue weighted by molar-refractivity contribution is 0.0869. The number of rotatable bonds is 7. The van der Waals surface area contributed by atoms with Gasteiger partial charge in [0, 0.05) is 18.8 Å². The number of nitrogens with one attached hydrogen (secondary N) is 2. The van der Waals surface area contributed by atoms with E-state index in [0.29, 0.717) is 12.3 Å². The molecule has 19 heavy (non-hydrogen) atoms. The second-order valence-corrected chi connectivity index (χ2v) is 6.70. The highest BCUT2D eigenvalue weighted by Gasteiger charge is 2.20. The van der Waals surface area contributed by atoms with Gasteiger partial charge in [-0.05, 0) is 25.5 Å². The zero-order valence-electron chi connectivity index (χ0n) is 12.2. The molecular weight excluding hydrogens is 260 g/mol. The zero-order chi connectivity index (χ0) is 14.1. The largest absolute Gasteiger partial charge is 0.387 e. The van der Waals surface area contributed by atoms with Gasteiger partial charge in [0.1, 0.15) is 0 Å². The topological polar surface area (TPSA) is 61.4 Å². The average Bonchev–Trinajstić information content (AvgIpc) is 2.38. The molecule has 1 aliphatic rings. The molecular formula is C14H28N2O2S. The van der Waals surface area contributed by atoms with Crippen molar-refractivity contribution in [1.82, 2.24) is 10.6 Å². The maximum absolute atomic E-state index is 11.6. The molecule has 112 valence electrons. The molecule has 0 aliphatic heterocycles. The Morgan fingerprint density at radius 1 is 1.32 bits per heavy atom. The molecule has 0 aromatic carbocycles. The lowest BCUT2D eigenvalue weighted by atomic mass is 9.87. The van der Waals surface area contributed by atoms with Crippen molar-refractivity contribution in [2.45, 2.75) is 51.0 Å². The van der Waals surface area contributed by atoms with Crippen molar-refractivity contribution in [2.24, 2.45) is 5.92 Å². The van der Waals surface area contributed by atoms with Crippen molar-refractivity contribution in [3.63, 3.8) is 0 Å². The Kier molecular flexibility index (Phi) is 7.61. The molecule has 4 nitrogen and oxygen atoms in total. The normalized spacial score (nSPS) is 19.7. The van der Waals surface area contributed by atoms with E-state index in [0.717, 1.165) is 18.9 Å². The molecule has 2 amide bonds. The molecule has 0 aromatic heterocycles. The number of urea groups is 1. The van der Waals surface area contributed by atoms with E-state index in [1.807, 2.05) is 6.26 Å². The van der Waals surface area contributed by atoms with E-state index in [9.17, 15) is 9.90 Å². The van der Waals surface area contributed by atoms with Crippen LogP contribution in [0.1, 0.15) is 45.4 Å². The van der Waals surface area contributed by atoms with E-state index in [-0.39, 0.29) is 6.03 Å². The van der Waals surface area contributed by atoms with Gasteiger partial charge in [-0.2, -0.15) is 11.8 Å². The van der Waals surface area contributed by atoms with Gasteiger partial charge >= 0.3 is 6.03 Å². The third kappa shape index (κ3) is 7.67. The lowest BCUT2D eigenvalue weighted by Crippen LogP contribution is -2.46. The van der Waals surface area contributed by atoms with Gasteiger partial charge in [-0.25, -0.2) is 4.79 Å². The molecule has 1 unspecified atom stereocenters. The first-order valence-corrected chi connectivity index (χ1v) is 8.66. The van der Waals surface area contributed by atoms with Crippen LogP contribution in [-0.4, -0.2) is 41.8 Å². The summed E-state index contributed by atoms with van der Waals surface area (Å²) in [6, 6.07) is -0.169. The van der Waals surface area contributed by atoms with Gasteiger partial charge < -0.3 is 15.7 Å². The summed E-state index contributed by atoms with van der Waals surface area (Å²) in [5.74, 6) is 1.41. The predicted octanol–water partition coefficient (Wildman–Crippen LogP) is 2.37. The highest BCUT2D eigenvalue weighted by atomic mass is 32.2. The average molecular weight is 288 g/mol. The van der Waals surface area contributed by atoms with Crippen molar-refractivity contribution < 1.29 is 9.90 Å². The number of aliphatic hydroxyl groups is 1. The summed E-state index contributed by atoms with van der Waals surface area (Å²) in [6.07, 6.45) is 9.70. The van der Waals surface area contributed by atoms with Gasteiger partial charge in [0.15, 0.2) is 0 Å². The van der Waals surface area contributed by atoms with Gasteiger partial charge in [-0.3, -0.25) is 0 Å². The van der Waals surface area contributed by atoms with Gasteiger partial charge in [-0.1, -0.05) is 32.1 Å². The van der Waals surface area contributed by atoms with Crippen LogP contribution in [0.2, 0.25) is 0 Å². The first-order valence-electron chi connectivity index (χ1n) is 7.26. The summed E-state index contributed by atoms with van der Waals surface area (Å²) in [5, 5.41) is 15.5. The Bertz CT molecular complexity index is 266. The molecule has 0 heterocycles. The Labute approximate surface area is 121 Å². The monoisotopic (exact) mass is 288 g/mol. The van der Waals surface area contributed by atoms with Crippen LogP contribution in [0.25, 0.3) is 0 Å². The van der Waals surface area contributed by atoms with E-state index in [4.69, 9.17) is 0 Å². The van der Waals surface area contributed by atoms with E-state index < -0.39 is 5.60 Å². The summed E-state index contributed by atoms with van der Waals surface area (Å²) in [5.41, 5.74) is -0.833. The van der Waals surface area contributed by atoms with Gasteiger partial charge in [0.05, 0.1) is 5.60 Å². The van der Waals surface area contributed by atoms with Gasteiger partial charge in [-0.15, -0.1) is 0 Å². The molecule has 3 N–H and O–H groups in total. The second kappa shape index (κ2) is 8.69. The van der Waals surface area contributed by atoms with Crippen molar-refractivity contribution >= 4 is 17.8 Å². The smallest absolute Gasteiger partial charge is 0.314 e. The van der Waals surface area contributed by atoms with Crippen LogP contribution in [0.4, 0.5) is 4.79 Å². The zero-order valence-corrected chi connectivity index (χ0v) is 13.0. The van der Waals surface area contributed by atoms with Crippen molar-refractivity contribution in [1.29, 1.82) is 0 Å². The van der Waals surface area contributed by atoms with Crippen LogP contribution in [0.5, 0.6) is 0 Å². The fourth-order valence-corrected chi connectivity index (χ4v) is 3.28. The number of carbonyl (C=O) groups is 1. The highest BCUT2D eigenvalue weighted by Crippen LogP contribution is 2.25. The Morgan fingerprint density at radius 2 is 2.00 bits per heavy atom. The Hall–Kier alpha value is -0.420. The van der Waals surface area contributed by atoms with E-state index in [1.165, 1.54) is 32.1 Å². The van der Waals surface area contributed by atoms with Crippen molar-refractivity contribution in [3.05, 3.63) is 0 Å². The van der Waals surface area contributed by atoms with Crippen LogP contribution >= 0.6 is 11.8 Å². The molecule has 0 radical (unpaired) electrons. The molecule has 1 fully saturated rings. The molecule has 1 atom stereocenters. The third-order valence-electron chi connectivity index (χ3n) is 3.65. The molecule has 1 rings (SSSR count). The number of hydrogen-bond acceptors (Lipinski definition) is 3. The van der Waals surface area contributed by atoms with E-state index in [2.05, 4.69) is 10.6 Å². The maximum atomic E-state index is 11.6. The molecule has 1 aliphatic carbocycles. The molecule has 1 saturated carbocycles. The summed E-state index contributed by atoms with van der Waals surface area (Å²) in [7, 11) is 0. The van der Waals surface area contributed by atoms with Crippen LogP contribution in [-0.2, 0) is 0 Å². The van der Waals surface area contributed by atoms with Crippen LogP contribution in [0.15, 0.2) is 0 Å². The SMILES string of the molecule is CSCC(C)(O)CNC(=O)NCCC1CCCCC1. The summed E-state index contributed by atoms with van der Waals surface area (Å²) in [6.45, 7) is 2.77.